The lowest BCUT2D eigenvalue weighted by Gasteiger charge is -2.29. The van der Waals surface area contributed by atoms with Gasteiger partial charge in [0.1, 0.15) is 11.9 Å². The van der Waals surface area contributed by atoms with Gasteiger partial charge in [0.25, 0.3) is 0 Å². The molecule has 36 heavy (non-hydrogen) atoms. The second-order valence-corrected chi connectivity index (χ2v) is 11.1. The maximum Gasteiger partial charge on any atom is 0.242 e. The van der Waals surface area contributed by atoms with E-state index in [4.69, 9.17) is 0 Å². The van der Waals surface area contributed by atoms with Crippen molar-refractivity contribution in [3.05, 3.63) is 65.5 Å². The number of hydrogen-bond acceptors (Lipinski definition) is 4. The molecule has 1 atom stereocenters. The zero-order valence-corrected chi connectivity index (χ0v) is 21.8. The molecule has 1 aliphatic rings. The molecule has 1 fully saturated rings. The highest BCUT2D eigenvalue weighted by atomic mass is 32.2. The van der Waals surface area contributed by atoms with Crippen molar-refractivity contribution in [3.8, 4) is 0 Å². The van der Waals surface area contributed by atoms with E-state index in [9.17, 15) is 22.4 Å². The summed E-state index contributed by atoms with van der Waals surface area (Å²) >= 11 is 0. The number of aryl methyl sites for hydroxylation is 1. The van der Waals surface area contributed by atoms with Gasteiger partial charge in [-0.15, -0.1) is 0 Å². The number of hydrogen-bond donors (Lipinski definition) is 2. The summed E-state index contributed by atoms with van der Waals surface area (Å²) in [4.78, 5) is 27.7. The van der Waals surface area contributed by atoms with Crippen molar-refractivity contribution in [1.29, 1.82) is 0 Å². The zero-order chi connectivity index (χ0) is 26.1. The van der Waals surface area contributed by atoms with E-state index in [1.165, 1.54) is 17.0 Å². The summed E-state index contributed by atoms with van der Waals surface area (Å²) < 4.78 is 40.7. The molecule has 0 aromatic heterocycles. The van der Waals surface area contributed by atoms with Crippen molar-refractivity contribution < 1.29 is 22.4 Å². The van der Waals surface area contributed by atoms with E-state index in [1.807, 2.05) is 0 Å². The number of halogens is 1. The van der Waals surface area contributed by atoms with Gasteiger partial charge < -0.3 is 10.2 Å². The molecule has 0 aliphatic heterocycles. The smallest absolute Gasteiger partial charge is 0.242 e. The van der Waals surface area contributed by atoms with Crippen LogP contribution in [0.1, 0.15) is 63.5 Å². The SMILES string of the molecule is CCCCCNC(=O)[C@H](C)N(Cc1ccc(F)cc1)C(=O)CCc1ccc(S(=O)(=O)NC2CC2)cc1. The Hall–Kier alpha value is -2.78. The van der Waals surface area contributed by atoms with Gasteiger partial charge in [-0.25, -0.2) is 17.5 Å². The van der Waals surface area contributed by atoms with Crippen LogP contribution in [-0.4, -0.2) is 43.8 Å². The van der Waals surface area contributed by atoms with Gasteiger partial charge in [-0.05, 0) is 68.0 Å². The van der Waals surface area contributed by atoms with Gasteiger partial charge in [0.15, 0.2) is 0 Å². The second-order valence-electron chi connectivity index (χ2n) is 9.36. The average Bonchev–Trinajstić information content (AvgIpc) is 3.68. The predicted molar refractivity (Wildman–Crippen MR) is 137 cm³/mol. The molecule has 0 saturated heterocycles. The first-order valence-corrected chi connectivity index (χ1v) is 14.1. The molecule has 9 heteroatoms. The molecule has 7 nitrogen and oxygen atoms in total. The monoisotopic (exact) mass is 517 g/mol. The van der Waals surface area contributed by atoms with E-state index in [1.54, 1.807) is 43.3 Å². The molecule has 0 heterocycles. The molecule has 0 radical (unpaired) electrons. The Morgan fingerprint density at radius 2 is 1.67 bits per heavy atom. The first-order valence-electron chi connectivity index (χ1n) is 12.6. The van der Waals surface area contributed by atoms with E-state index in [-0.39, 0.29) is 41.5 Å². The second kappa shape index (κ2) is 13.0. The molecular weight excluding hydrogens is 481 g/mol. The zero-order valence-electron chi connectivity index (χ0n) is 21.0. The summed E-state index contributed by atoms with van der Waals surface area (Å²) in [5, 5.41) is 2.90. The van der Waals surface area contributed by atoms with E-state index < -0.39 is 16.1 Å². The Balaban J connectivity index is 1.64. The van der Waals surface area contributed by atoms with Crippen molar-refractivity contribution in [3.63, 3.8) is 0 Å². The van der Waals surface area contributed by atoms with Crippen molar-refractivity contribution in [2.45, 2.75) is 82.3 Å². The van der Waals surface area contributed by atoms with Gasteiger partial charge in [-0.1, -0.05) is 44.0 Å². The number of carbonyl (C=O) groups is 2. The van der Waals surface area contributed by atoms with Crippen LogP contribution in [0.3, 0.4) is 0 Å². The van der Waals surface area contributed by atoms with Crippen LogP contribution in [0.4, 0.5) is 4.39 Å². The molecule has 196 valence electrons. The van der Waals surface area contributed by atoms with Crippen LogP contribution in [0.25, 0.3) is 0 Å². The Kier molecular flexibility index (Phi) is 10.0. The number of amides is 2. The fourth-order valence-corrected chi connectivity index (χ4v) is 5.13. The Bertz CT molecular complexity index is 1120. The average molecular weight is 518 g/mol. The van der Waals surface area contributed by atoms with Gasteiger partial charge in [0.05, 0.1) is 4.90 Å². The third-order valence-electron chi connectivity index (χ3n) is 6.27. The lowest BCUT2D eigenvalue weighted by molar-refractivity contribution is -0.140. The Morgan fingerprint density at radius 3 is 2.28 bits per heavy atom. The summed E-state index contributed by atoms with van der Waals surface area (Å²) in [5.74, 6) is -0.793. The highest BCUT2D eigenvalue weighted by molar-refractivity contribution is 7.89. The Labute approximate surface area is 213 Å². The number of unbranched alkanes of at least 4 members (excludes halogenated alkanes) is 2. The van der Waals surface area contributed by atoms with Gasteiger partial charge in [-0.2, -0.15) is 0 Å². The molecule has 3 rings (SSSR count). The molecule has 2 N–H and O–H groups in total. The summed E-state index contributed by atoms with van der Waals surface area (Å²) in [6.45, 7) is 4.53. The van der Waals surface area contributed by atoms with Crippen molar-refractivity contribution in [1.82, 2.24) is 14.9 Å². The fraction of sp³-hybridized carbons (Fsp3) is 0.481. The van der Waals surface area contributed by atoms with Crippen molar-refractivity contribution >= 4 is 21.8 Å². The normalized spacial score (nSPS) is 14.3. The van der Waals surface area contributed by atoms with Crippen LogP contribution in [0.15, 0.2) is 53.4 Å². The standard InChI is InChI=1S/C27H36FN3O4S/c1-3-4-5-18-29-27(33)20(2)31(19-22-6-11-23(28)12-7-22)26(32)17-10-21-8-15-25(16-9-21)36(34,35)30-24-13-14-24/h6-9,11-12,15-16,20,24,30H,3-5,10,13-14,17-19H2,1-2H3,(H,29,33)/t20-/m0/s1. The number of nitrogens with one attached hydrogen (secondary N) is 2. The third-order valence-corrected chi connectivity index (χ3v) is 7.81. The highest BCUT2D eigenvalue weighted by Crippen LogP contribution is 2.22. The number of nitrogens with zero attached hydrogens (tertiary/aromatic N) is 1. The van der Waals surface area contributed by atoms with Crippen LogP contribution >= 0.6 is 0 Å². The summed E-state index contributed by atoms with van der Waals surface area (Å²) in [6, 6.07) is 11.7. The predicted octanol–water partition coefficient (Wildman–Crippen LogP) is 3.92. The molecule has 0 bridgehead atoms. The molecular formula is C27H36FN3O4S. The number of rotatable bonds is 14. The van der Waals surface area contributed by atoms with Crippen LogP contribution in [0.5, 0.6) is 0 Å². The maximum absolute atomic E-state index is 13.4. The number of sulfonamides is 1. The fourth-order valence-electron chi connectivity index (χ4n) is 3.82. The van der Waals surface area contributed by atoms with Crippen LogP contribution in [0, 0.1) is 5.82 Å². The first kappa shape index (κ1) is 27.8. The van der Waals surface area contributed by atoms with E-state index in [0.29, 0.717) is 13.0 Å². The third kappa shape index (κ3) is 8.41. The van der Waals surface area contributed by atoms with Gasteiger partial charge in [-0.3, -0.25) is 9.59 Å². The van der Waals surface area contributed by atoms with Gasteiger partial charge in [0.2, 0.25) is 21.8 Å². The lowest BCUT2D eigenvalue weighted by atomic mass is 10.1. The Morgan fingerprint density at radius 1 is 1.03 bits per heavy atom. The summed E-state index contributed by atoms with van der Waals surface area (Å²) in [7, 11) is -3.52. The minimum Gasteiger partial charge on any atom is -0.354 e. The number of carbonyl (C=O) groups excluding carboxylic acids is 2. The molecule has 1 aliphatic carbocycles. The summed E-state index contributed by atoms with van der Waals surface area (Å²) in [6.07, 6.45) is 5.23. The van der Waals surface area contributed by atoms with E-state index in [0.717, 1.165) is 43.2 Å². The first-order chi connectivity index (χ1) is 17.2. The maximum atomic E-state index is 13.4. The molecule has 2 aromatic rings. The van der Waals surface area contributed by atoms with Crippen LogP contribution in [0.2, 0.25) is 0 Å². The minimum atomic E-state index is -3.52. The van der Waals surface area contributed by atoms with Gasteiger partial charge in [0, 0.05) is 25.6 Å². The molecule has 2 aromatic carbocycles. The summed E-state index contributed by atoms with van der Waals surface area (Å²) in [5.41, 5.74) is 1.56. The topological polar surface area (TPSA) is 95.6 Å². The highest BCUT2D eigenvalue weighted by Gasteiger charge is 2.28. The van der Waals surface area contributed by atoms with E-state index >= 15 is 0 Å². The van der Waals surface area contributed by atoms with E-state index in [2.05, 4.69) is 17.0 Å². The molecule has 1 saturated carbocycles. The molecule has 0 unspecified atom stereocenters. The van der Waals surface area contributed by atoms with Crippen molar-refractivity contribution in [2.75, 3.05) is 6.54 Å². The largest absolute Gasteiger partial charge is 0.354 e. The van der Waals surface area contributed by atoms with Gasteiger partial charge >= 0.3 is 0 Å². The van der Waals surface area contributed by atoms with Crippen LogP contribution < -0.4 is 10.0 Å². The lowest BCUT2D eigenvalue weighted by Crippen LogP contribution is -2.47. The van der Waals surface area contributed by atoms with Crippen molar-refractivity contribution in [2.24, 2.45) is 0 Å². The quantitative estimate of drug-likeness (QED) is 0.371. The van der Waals surface area contributed by atoms with Crippen LogP contribution in [-0.2, 0) is 32.6 Å². The molecule has 2 amide bonds. The number of benzene rings is 2. The molecule has 0 spiro atoms. The minimum absolute atomic E-state index is 0.0326.